The van der Waals surface area contributed by atoms with Crippen LogP contribution in [0.25, 0.3) is 0 Å². The lowest BCUT2D eigenvalue weighted by Gasteiger charge is -2.61. The maximum atomic E-state index is 11.8. The third kappa shape index (κ3) is 3.27. The lowest BCUT2D eigenvalue weighted by molar-refractivity contribution is -0.138. The Morgan fingerprint density at radius 1 is 1.04 bits per heavy atom. The quantitative estimate of drug-likeness (QED) is 0.371. The van der Waals surface area contributed by atoms with Crippen molar-refractivity contribution in [2.24, 2.45) is 46.3 Å². The first-order valence-corrected chi connectivity index (χ1v) is 12.2. The molecule has 0 spiro atoms. The van der Waals surface area contributed by atoms with Crippen molar-refractivity contribution in [3.05, 3.63) is 12.8 Å². The zero-order chi connectivity index (χ0) is 19.9. The molecule has 2 heteroatoms. The van der Waals surface area contributed by atoms with Crippen molar-refractivity contribution in [3.63, 3.8) is 0 Å². The zero-order valence-electron chi connectivity index (χ0n) is 18.6. The second kappa shape index (κ2) is 7.80. The average molecular weight is 387 g/mol. The molecule has 4 aliphatic carbocycles. The molecule has 0 aromatic heterocycles. The van der Waals surface area contributed by atoms with Crippen molar-refractivity contribution < 1.29 is 9.53 Å². The van der Waals surface area contributed by atoms with Crippen LogP contribution in [0.2, 0.25) is 0 Å². The maximum absolute atomic E-state index is 11.8. The topological polar surface area (TPSA) is 26.3 Å². The SMILES string of the molecule is C=COC(=O)CC[C@@H](C)[C@H]1CC[C@H]2[C@@H]3CCC4CCCC[C@]4(C)[C@H]3CC[C@]12C. The Morgan fingerprint density at radius 3 is 2.61 bits per heavy atom. The van der Waals surface area contributed by atoms with Gasteiger partial charge in [0.25, 0.3) is 0 Å². The van der Waals surface area contributed by atoms with Gasteiger partial charge >= 0.3 is 5.97 Å². The summed E-state index contributed by atoms with van der Waals surface area (Å²) >= 11 is 0. The van der Waals surface area contributed by atoms with E-state index in [0.717, 1.165) is 36.0 Å². The number of rotatable bonds is 5. The third-order valence-electron chi connectivity index (χ3n) is 10.4. The number of hydrogen-bond donors (Lipinski definition) is 0. The molecule has 4 rings (SSSR count). The van der Waals surface area contributed by atoms with Crippen LogP contribution in [0.15, 0.2) is 12.8 Å². The maximum Gasteiger partial charge on any atom is 0.310 e. The van der Waals surface area contributed by atoms with Crippen LogP contribution in [0.1, 0.15) is 97.8 Å². The van der Waals surface area contributed by atoms with E-state index in [1.54, 1.807) is 0 Å². The number of esters is 1. The second-order valence-electron chi connectivity index (χ2n) is 11.3. The van der Waals surface area contributed by atoms with Gasteiger partial charge in [-0.1, -0.05) is 40.2 Å². The van der Waals surface area contributed by atoms with Gasteiger partial charge in [-0.3, -0.25) is 4.79 Å². The van der Waals surface area contributed by atoms with Gasteiger partial charge in [0.15, 0.2) is 0 Å². The minimum atomic E-state index is -0.117. The summed E-state index contributed by atoms with van der Waals surface area (Å²) in [5, 5.41) is 0. The Balaban J connectivity index is 1.46. The van der Waals surface area contributed by atoms with Crippen molar-refractivity contribution in [3.8, 4) is 0 Å². The highest BCUT2D eigenvalue weighted by molar-refractivity contribution is 5.69. The fourth-order valence-corrected chi connectivity index (χ4v) is 8.97. The zero-order valence-corrected chi connectivity index (χ0v) is 18.6. The predicted octanol–water partition coefficient (Wildman–Crippen LogP) is 7.14. The van der Waals surface area contributed by atoms with E-state index in [1.165, 1.54) is 70.5 Å². The summed E-state index contributed by atoms with van der Waals surface area (Å²) in [5.41, 5.74) is 1.14. The van der Waals surface area contributed by atoms with Crippen molar-refractivity contribution in [2.45, 2.75) is 97.8 Å². The third-order valence-corrected chi connectivity index (χ3v) is 10.4. The van der Waals surface area contributed by atoms with Crippen LogP contribution in [0, 0.1) is 46.3 Å². The van der Waals surface area contributed by atoms with Crippen molar-refractivity contribution in [1.29, 1.82) is 0 Å². The van der Waals surface area contributed by atoms with Gasteiger partial charge in [0.2, 0.25) is 0 Å². The molecule has 0 heterocycles. The Kier molecular flexibility index (Phi) is 5.71. The van der Waals surface area contributed by atoms with Gasteiger partial charge in [-0.25, -0.2) is 0 Å². The lowest BCUT2D eigenvalue weighted by Crippen LogP contribution is -2.53. The second-order valence-corrected chi connectivity index (χ2v) is 11.3. The van der Waals surface area contributed by atoms with Crippen LogP contribution >= 0.6 is 0 Å². The molecule has 2 nitrogen and oxygen atoms in total. The van der Waals surface area contributed by atoms with E-state index in [4.69, 9.17) is 4.74 Å². The van der Waals surface area contributed by atoms with Crippen LogP contribution in [-0.2, 0) is 9.53 Å². The Morgan fingerprint density at radius 2 is 1.82 bits per heavy atom. The molecule has 1 unspecified atom stereocenters. The molecule has 28 heavy (non-hydrogen) atoms. The number of hydrogen-bond acceptors (Lipinski definition) is 2. The molecule has 8 atom stereocenters. The minimum Gasteiger partial charge on any atom is -0.435 e. The molecule has 0 bridgehead atoms. The molecule has 0 aliphatic heterocycles. The van der Waals surface area contributed by atoms with Crippen molar-refractivity contribution in [2.75, 3.05) is 0 Å². The molecule has 0 radical (unpaired) electrons. The fraction of sp³-hybridized carbons (Fsp3) is 0.885. The molecule has 0 amide bonds. The molecule has 0 N–H and O–H groups in total. The standard InChI is InChI=1S/C26H42O2/c1-5-28-24(27)14-9-18(2)21-12-13-22-20-11-10-19-8-6-7-16-25(19,3)23(20)15-17-26(21,22)4/h5,18-23H,1,6-17H2,2-4H3/t18-,19?,20+,21-,22+,23+,25+,26-/m1/s1. The summed E-state index contributed by atoms with van der Waals surface area (Å²) in [7, 11) is 0. The normalized spacial score (nSPS) is 46.0. The van der Waals surface area contributed by atoms with Crippen LogP contribution in [-0.4, -0.2) is 5.97 Å². The number of carbonyl (C=O) groups excluding carboxylic acids is 1. The highest BCUT2D eigenvalue weighted by atomic mass is 16.5. The predicted molar refractivity (Wildman–Crippen MR) is 115 cm³/mol. The van der Waals surface area contributed by atoms with E-state index in [2.05, 4.69) is 27.4 Å². The van der Waals surface area contributed by atoms with Gasteiger partial charge < -0.3 is 4.74 Å². The summed E-state index contributed by atoms with van der Waals surface area (Å²) in [6.07, 6.45) is 17.4. The monoisotopic (exact) mass is 386 g/mol. The van der Waals surface area contributed by atoms with Crippen molar-refractivity contribution in [1.82, 2.24) is 0 Å². The number of carbonyl (C=O) groups is 1. The van der Waals surface area contributed by atoms with Crippen LogP contribution in [0.4, 0.5) is 0 Å². The van der Waals surface area contributed by atoms with Crippen LogP contribution in [0.3, 0.4) is 0 Å². The van der Waals surface area contributed by atoms with Gasteiger partial charge in [0.1, 0.15) is 0 Å². The van der Waals surface area contributed by atoms with Gasteiger partial charge in [-0.2, -0.15) is 0 Å². The molecule has 0 aromatic carbocycles. The van der Waals surface area contributed by atoms with Gasteiger partial charge in [0.05, 0.1) is 6.26 Å². The smallest absolute Gasteiger partial charge is 0.310 e. The fourth-order valence-electron chi connectivity index (χ4n) is 8.97. The summed E-state index contributed by atoms with van der Waals surface area (Å²) in [6, 6.07) is 0. The first-order chi connectivity index (χ1) is 13.4. The van der Waals surface area contributed by atoms with E-state index in [9.17, 15) is 4.79 Å². The number of ether oxygens (including phenoxy) is 1. The van der Waals surface area contributed by atoms with Crippen LogP contribution < -0.4 is 0 Å². The van der Waals surface area contributed by atoms with Gasteiger partial charge in [0, 0.05) is 6.42 Å². The first kappa shape index (κ1) is 20.5. The average Bonchev–Trinajstić information content (AvgIpc) is 3.03. The minimum absolute atomic E-state index is 0.117. The summed E-state index contributed by atoms with van der Waals surface area (Å²) < 4.78 is 4.94. The Hall–Kier alpha value is -0.790. The number of fused-ring (bicyclic) bond motifs is 5. The Bertz CT molecular complexity index is 597. The molecule has 0 saturated heterocycles. The molecule has 0 aromatic rings. The molecule has 4 aliphatic rings. The van der Waals surface area contributed by atoms with E-state index < -0.39 is 0 Å². The van der Waals surface area contributed by atoms with Crippen molar-refractivity contribution >= 4 is 5.97 Å². The van der Waals surface area contributed by atoms with E-state index >= 15 is 0 Å². The highest BCUT2D eigenvalue weighted by Gasteiger charge is 2.60. The molecule has 158 valence electrons. The molecule has 4 saturated carbocycles. The van der Waals surface area contributed by atoms with E-state index in [0.29, 0.717) is 23.2 Å². The molecular formula is C26H42O2. The first-order valence-electron chi connectivity index (χ1n) is 12.2. The van der Waals surface area contributed by atoms with E-state index in [1.807, 2.05) is 0 Å². The van der Waals surface area contributed by atoms with Gasteiger partial charge in [-0.15, -0.1) is 0 Å². The molecule has 4 fully saturated rings. The Labute approximate surface area is 172 Å². The van der Waals surface area contributed by atoms with E-state index in [-0.39, 0.29) is 5.97 Å². The van der Waals surface area contributed by atoms with Gasteiger partial charge in [-0.05, 0) is 104 Å². The summed E-state index contributed by atoms with van der Waals surface area (Å²) in [6.45, 7) is 11.2. The van der Waals surface area contributed by atoms with Crippen LogP contribution in [0.5, 0.6) is 0 Å². The summed E-state index contributed by atoms with van der Waals surface area (Å²) in [4.78, 5) is 11.8. The largest absolute Gasteiger partial charge is 0.435 e. The highest BCUT2D eigenvalue weighted by Crippen LogP contribution is 2.68. The molecular weight excluding hydrogens is 344 g/mol. The summed E-state index contributed by atoms with van der Waals surface area (Å²) in [5.74, 6) is 5.19. The lowest BCUT2D eigenvalue weighted by atomic mass is 9.44.